The highest BCUT2D eigenvalue weighted by Crippen LogP contribution is 2.29. The van der Waals surface area contributed by atoms with Crippen LogP contribution in [0.5, 0.6) is 5.75 Å². The van der Waals surface area contributed by atoms with Crippen molar-refractivity contribution in [2.24, 2.45) is 0 Å². The Morgan fingerprint density at radius 1 is 1.45 bits per heavy atom. The Morgan fingerprint density at radius 3 is 2.55 bits per heavy atom. The van der Waals surface area contributed by atoms with Gasteiger partial charge in [0.25, 0.3) is 0 Å². The molecular formula is C8H8ClFO. The number of aryl methyl sites for hydroxylation is 1. The third-order valence-corrected chi connectivity index (χ3v) is 1.80. The number of methoxy groups -OCH3 is 1. The summed E-state index contributed by atoms with van der Waals surface area (Å²) in [5, 5.41) is 0.0486. The normalized spacial score (nSPS) is 9.82. The smallest absolute Gasteiger partial charge is 0.145 e. The van der Waals surface area contributed by atoms with Crippen LogP contribution in [0.1, 0.15) is 5.56 Å². The van der Waals surface area contributed by atoms with Gasteiger partial charge in [-0.05, 0) is 18.6 Å². The maximum absolute atomic E-state index is 12.7. The number of benzene rings is 1. The van der Waals surface area contributed by atoms with Crippen LogP contribution in [0.25, 0.3) is 0 Å². The summed E-state index contributed by atoms with van der Waals surface area (Å²) in [6.07, 6.45) is 0. The van der Waals surface area contributed by atoms with Gasteiger partial charge in [0.2, 0.25) is 0 Å². The van der Waals surface area contributed by atoms with E-state index in [1.54, 1.807) is 6.07 Å². The van der Waals surface area contributed by atoms with E-state index in [-0.39, 0.29) is 5.02 Å². The summed E-state index contributed by atoms with van der Waals surface area (Å²) in [5.74, 6) is -0.0409. The number of halogens is 2. The van der Waals surface area contributed by atoms with E-state index < -0.39 is 5.82 Å². The van der Waals surface area contributed by atoms with Crippen molar-refractivity contribution in [3.8, 4) is 5.75 Å². The predicted molar refractivity (Wildman–Crippen MR) is 42.7 cm³/mol. The molecule has 11 heavy (non-hydrogen) atoms. The van der Waals surface area contributed by atoms with Crippen LogP contribution < -0.4 is 4.74 Å². The summed E-state index contributed by atoms with van der Waals surface area (Å²) >= 11 is 5.60. The molecule has 0 bridgehead atoms. The first kappa shape index (κ1) is 8.34. The quantitative estimate of drug-likeness (QED) is 0.636. The van der Waals surface area contributed by atoms with Crippen LogP contribution in [0.15, 0.2) is 12.1 Å². The lowest BCUT2D eigenvalue weighted by molar-refractivity contribution is 0.408. The molecule has 0 aromatic heterocycles. The Balaban J connectivity index is 3.29. The van der Waals surface area contributed by atoms with Crippen LogP contribution in [0.3, 0.4) is 0 Å². The van der Waals surface area contributed by atoms with Gasteiger partial charge in [-0.15, -0.1) is 0 Å². The molecule has 1 rings (SSSR count). The molecule has 1 nitrogen and oxygen atoms in total. The van der Waals surface area contributed by atoms with Gasteiger partial charge >= 0.3 is 0 Å². The number of ether oxygens (including phenoxy) is 1. The molecule has 60 valence electrons. The zero-order valence-corrected chi connectivity index (χ0v) is 7.07. The molecule has 0 aliphatic heterocycles. The molecule has 0 aliphatic carbocycles. The minimum Gasteiger partial charge on any atom is -0.495 e. The molecular weight excluding hydrogens is 167 g/mol. The van der Waals surface area contributed by atoms with Crippen LogP contribution in [-0.4, -0.2) is 7.11 Å². The lowest BCUT2D eigenvalue weighted by Crippen LogP contribution is -1.90. The summed E-state index contributed by atoms with van der Waals surface area (Å²) in [7, 11) is 1.47. The second-order valence-electron chi connectivity index (χ2n) is 2.21. The van der Waals surface area contributed by atoms with E-state index in [1.807, 2.05) is 6.92 Å². The Bertz CT molecular complexity index is 273. The average molecular weight is 175 g/mol. The molecule has 0 aliphatic rings. The molecule has 0 unspecified atom stereocenters. The molecule has 0 radical (unpaired) electrons. The summed E-state index contributed by atoms with van der Waals surface area (Å²) < 4.78 is 17.6. The Hall–Kier alpha value is -0.760. The van der Waals surface area contributed by atoms with Crippen molar-refractivity contribution in [1.82, 2.24) is 0 Å². The van der Waals surface area contributed by atoms with E-state index in [2.05, 4.69) is 0 Å². The number of hydrogen-bond donors (Lipinski definition) is 0. The van der Waals surface area contributed by atoms with Gasteiger partial charge < -0.3 is 4.74 Å². The lowest BCUT2D eigenvalue weighted by Gasteiger charge is -2.06. The van der Waals surface area contributed by atoms with E-state index in [1.165, 1.54) is 13.2 Å². The second kappa shape index (κ2) is 3.09. The highest BCUT2D eigenvalue weighted by molar-refractivity contribution is 6.32. The van der Waals surface area contributed by atoms with Crippen LogP contribution in [0.4, 0.5) is 4.39 Å². The van der Waals surface area contributed by atoms with E-state index in [0.717, 1.165) is 5.56 Å². The minimum atomic E-state index is -0.450. The van der Waals surface area contributed by atoms with Gasteiger partial charge in [0, 0.05) is 0 Å². The maximum atomic E-state index is 12.7. The summed E-state index contributed by atoms with van der Waals surface area (Å²) in [5.41, 5.74) is 0.832. The lowest BCUT2D eigenvalue weighted by atomic mass is 10.2. The molecule has 0 heterocycles. The molecule has 0 amide bonds. The molecule has 3 heteroatoms. The van der Waals surface area contributed by atoms with Crippen molar-refractivity contribution in [3.05, 3.63) is 28.5 Å². The molecule has 0 spiro atoms. The third-order valence-electron chi connectivity index (χ3n) is 1.45. The molecule has 1 aromatic rings. The molecule has 0 atom stereocenters. The van der Waals surface area contributed by atoms with Crippen molar-refractivity contribution < 1.29 is 9.13 Å². The zero-order valence-electron chi connectivity index (χ0n) is 6.32. The molecule has 0 N–H and O–H groups in total. The molecule has 1 aromatic carbocycles. The SMILES string of the molecule is COc1c(C)ccc(F)c1Cl. The fourth-order valence-electron chi connectivity index (χ4n) is 0.879. The first-order valence-electron chi connectivity index (χ1n) is 3.15. The highest BCUT2D eigenvalue weighted by atomic mass is 35.5. The molecule has 0 saturated heterocycles. The van der Waals surface area contributed by atoms with E-state index in [4.69, 9.17) is 16.3 Å². The highest BCUT2D eigenvalue weighted by Gasteiger charge is 2.08. The number of rotatable bonds is 1. The fourth-order valence-corrected chi connectivity index (χ4v) is 1.17. The molecule has 0 saturated carbocycles. The van der Waals surface area contributed by atoms with Gasteiger partial charge in [0.1, 0.15) is 16.6 Å². The topological polar surface area (TPSA) is 9.23 Å². The Morgan fingerprint density at radius 2 is 2.09 bits per heavy atom. The van der Waals surface area contributed by atoms with Gasteiger partial charge in [0.05, 0.1) is 7.11 Å². The second-order valence-corrected chi connectivity index (χ2v) is 2.59. The monoisotopic (exact) mass is 174 g/mol. The first-order valence-corrected chi connectivity index (χ1v) is 3.53. The standard InChI is InChI=1S/C8H8ClFO/c1-5-3-4-6(10)7(9)8(5)11-2/h3-4H,1-2H3. The summed E-state index contributed by atoms with van der Waals surface area (Å²) in [6, 6.07) is 2.94. The van der Waals surface area contributed by atoms with E-state index in [9.17, 15) is 4.39 Å². The average Bonchev–Trinajstić information content (AvgIpc) is 1.99. The van der Waals surface area contributed by atoms with E-state index in [0.29, 0.717) is 5.75 Å². The Labute approximate surface area is 69.7 Å². The third kappa shape index (κ3) is 1.46. The van der Waals surface area contributed by atoms with Crippen molar-refractivity contribution in [2.45, 2.75) is 6.92 Å². The van der Waals surface area contributed by atoms with Gasteiger partial charge in [-0.3, -0.25) is 0 Å². The van der Waals surface area contributed by atoms with Crippen molar-refractivity contribution >= 4 is 11.6 Å². The van der Waals surface area contributed by atoms with Gasteiger partial charge in [-0.25, -0.2) is 4.39 Å². The first-order chi connectivity index (χ1) is 5.16. The minimum absolute atomic E-state index is 0.0486. The fraction of sp³-hybridized carbons (Fsp3) is 0.250. The predicted octanol–water partition coefficient (Wildman–Crippen LogP) is 2.80. The van der Waals surface area contributed by atoms with Gasteiger partial charge in [-0.1, -0.05) is 17.7 Å². The van der Waals surface area contributed by atoms with Crippen molar-refractivity contribution in [2.75, 3.05) is 7.11 Å². The largest absolute Gasteiger partial charge is 0.495 e. The Kier molecular flexibility index (Phi) is 2.35. The summed E-state index contributed by atoms with van der Waals surface area (Å²) in [4.78, 5) is 0. The van der Waals surface area contributed by atoms with Crippen LogP contribution in [-0.2, 0) is 0 Å². The molecule has 0 fully saturated rings. The zero-order chi connectivity index (χ0) is 8.43. The summed E-state index contributed by atoms with van der Waals surface area (Å²) in [6.45, 7) is 1.81. The van der Waals surface area contributed by atoms with Crippen LogP contribution in [0, 0.1) is 12.7 Å². The van der Waals surface area contributed by atoms with Crippen LogP contribution in [0.2, 0.25) is 5.02 Å². The van der Waals surface area contributed by atoms with Crippen molar-refractivity contribution in [3.63, 3.8) is 0 Å². The number of hydrogen-bond acceptors (Lipinski definition) is 1. The van der Waals surface area contributed by atoms with Crippen molar-refractivity contribution in [1.29, 1.82) is 0 Å². The van der Waals surface area contributed by atoms with Gasteiger partial charge in [0.15, 0.2) is 0 Å². The maximum Gasteiger partial charge on any atom is 0.145 e. The van der Waals surface area contributed by atoms with Crippen LogP contribution >= 0.6 is 11.6 Å². The van der Waals surface area contributed by atoms with Gasteiger partial charge in [-0.2, -0.15) is 0 Å². The van der Waals surface area contributed by atoms with E-state index >= 15 is 0 Å².